The summed E-state index contributed by atoms with van der Waals surface area (Å²) in [6.07, 6.45) is -4.52. The number of phenolic OH excluding ortho intramolecular Hbond substituents is 1. The van der Waals surface area contributed by atoms with Crippen LogP contribution in [0.4, 0.5) is 18.9 Å². The van der Waals surface area contributed by atoms with E-state index in [4.69, 9.17) is 5.11 Å². The number of rotatable bonds is 2. The van der Waals surface area contributed by atoms with Crippen molar-refractivity contribution >= 4 is 27.5 Å². The van der Waals surface area contributed by atoms with Crippen molar-refractivity contribution in [3.63, 3.8) is 0 Å². The van der Waals surface area contributed by atoms with Crippen molar-refractivity contribution in [3.8, 4) is 5.75 Å². The summed E-state index contributed by atoms with van der Waals surface area (Å²) in [5.41, 5.74) is -0.665. The molecule has 110 valence electrons. The fourth-order valence-electron chi connectivity index (χ4n) is 1.62. The molecule has 21 heavy (non-hydrogen) atoms. The van der Waals surface area contributed by atoms with Crippen molar-refractivity contribution in [1.82, 2.24) is 0 Å². The first kappa shape index (κ1) is 15.4. The highest BCUT2D eigenvalue weighted by atomic mass is 79.9. The molecule has 0 heterocycles. The van der Waals surface area contributed by atoms with Crippen molar-refractivity contribution in [3.05, 3.63) is 58.1 Å². The van der Waals surface area contributed by atoms with Crippen molar-refractivity contribution < 1.29 is 23.1 Å². The van der Waals surface area contributed by atoms with Gasteiger partial charge >= 0.3 is 6.18 Å². The Hall–Kier alpha value is -2.02. The van der Waals surface area contributed by atoms with Crippen molar-refractivity contribution in [2.75, 3.05) is 5.32 Å². The molecule has 0 aromatic heterocycles. The van der Waals surface area contributed by atoms with E-state index in [0.29, 0.717) is 5.69 Å². The van der Waals surface area contributed by atoms with Gasteiger partial charge in [-0.1, -0.05) is 0 Å². The summed E-state index contributed by atoms with van der Waals surface area (Å²) in [6, 6.07) is 8.44. The predicted octanol–water partition coefficient (Wildman–Crippen LogP) is 4.43. The lowest BCUT2D eigenvalue weighted by atomic mass is 10.1. The Labute approximate surface area is 126 Å². The first-order valence-corrected chi connectivity index (χ1v) is 6.54. The summed E-state index contributed by atoms with van der Waals surface area (Å²) in [5, 5.41) is 11.6. The molecule has 2 N–H and O–H groups in total. The Bertz CT molecular complexity index is 669. The Balaban J connectivity index is 2.28. The number of phenols is 1. The van der Waals surface area contributed by atoms with Gasteiger partial charge in [0.25, 0.3) is 5.91 Å². The topological polar surface area (TPSA) is 49.3 Å². The van der Waals surface area contributed by atoms with E-state index in [9.17, 15) is 18.0 Å². The summed E-state index contributed by atoms with van der Waals surface area (Å²) in [5.74, 6) is -0.660. The SMILES string of the molecule is O=C(Nc1ccc(O)cc1)c1cc(C(F)(F)F)ccc1Br. The predicted molar refractivity (Wildman–Crippen MR) is 75.2 cm³/mol. The van der Waals surface area contributed by atoms with Gasteiger partial charge in [0.15, 0.2) is 0 Å². The number of hydrogen-bond acceptors (Lipinski definition) is 2. The van der Waals surface area contributed by atoms with Gasteiger partial charge in [-0.15, -0.1) is 0 Å². The molecule has 2 aromatic rings. The van der Waals surface area contributed by atoms with Crippen molar-refractivity contribution in [2.45, 2.75) is 6.18 Å². The molecule has 0 fully saturated rings. The third kappa shape index (κ3) is 3.75. The molecule has 0 bridgehead atoms. The van der Waals surface area contributed by atoms with E-state index in [1.54, 1.807) is 0 Å². The quantitative estimate of drug-likeness (QED) is 0.779. The molecule has 0 saturated heterocycles. The monoisotopic (exact) mass is 359 g/mol. The van der Waals surface area contributed by atoms with Crippen molar-refractivity contribution in [2.24, 2.45) is 0 Å². The summed E-state index contributed by atoms with van der Waals surface area (Å²) >= 11 is 3.05. The molecule has 0 aliphatic rings. The van der Waals surface area contributed by atoms with Crippen LogP contribution in [0.2, 0.25) is 0 Å². The fraction of sp³-hybridized carbons (Fsp3) is 0.0714. The highest BCUT2D eigenvalue weighted by Gasteiger charge is 2.31. The van der Waals surface area contributed by atoms with Crippen LogP contribution in [0.15, 0.2) is 46.9 Å². The molecule has 0 radical (unpaired) electrons. The van der Waals surface area contributed by atoms with Crippen LogP contribution in [0.3, 0.4) is 0 Å². The van der Waals surface area contributed by atoms with Gasteiger partial charge in [-0.3, -0.25) is 4.79 Å². The number of benzene rings is 2. The largest absolute Gasteiger partial charge is 0.508 e. The number of carbonyl (C=O) groups is 1. The Kier molecular flexibility index (Phi) is 4.22. The number of halogens is 4. The van der Waals surface area contributed by atoms with Gasteiger partial charge in [0.05, 0.1) is 11.1 Å². The van der Waals surface area contributed by atoms with Crippen molar-refractivity contribution in [1.29, 1.82) is 0 Å². The summed E-state index contributed by atoms with van der Waals surface area (Å²) < 4.78 is 38.2. The number of alkyl halides is 3. The minimum absolute atomic E-state index is 0.0215. The molecule has 0 saturated carbocycles. The number of amides is 1. The first-order chi connectivity index (χ1) is 9.77. The number of carbonyl (C=O) groups excluding carboxylic acids is 1. The highest BCUT2D eigenvalue weighted by molar-refractivity contribution is 9.10. The van der Waals surface area contributed by atoms with Crippen LogP contribution in [0.5, 0.6) is 5.75 Å². The molecule has 1 amide bonds. The standard InChI is InChI=1S/C14H9BrF3NO2/c15-12-6-1-8(14(16,17)18)7-11(12)13(21)19-9-2-4-10(20)5-3-9/h1-7,20H,(H,19,21). The van der Waals surface area contributed by atoms with Gasteiger partial charge in [0.1, 0.15) is 5.75 Å². The lowest BCUT2D eigenvalue weighted by Gasteiger charge is -2.11. The lowest BCUT2D eigenvalue weighted by molar-refractivity contribution is -0.137. The van der Waals surface area contributed by atoms with Gasteiger partial charge in [-0.05, 0) is 58.4 Å². The smallest absolute Gasteiger partial charge is 0.416 e. The number of nitrogens with one attached hydrogen (secondary N) is 1. The molecule has 0 aliphatic heterocycles. The molecular weight excluding hydrogens is 351 g/mol. The third-order valence-corrected chi connectivity index (χ3v) is 3.35. The molecule has 3 nitrogen and oxygen atoms in total. The van der Waals surface area contributed by atoms with E-state index < -0.39 is 17.6 Å². The molecule has 0 atom stereocenters. The minimum Gasteiger partial charge on any atom is -0.508 e. The van der Waals surface area contributed by atoms with Crippen LogP contribution in [0, 0.1) is 0 Å². The van der Waals surface area contributed by atoms with Crippen LogP contribution < -0.4 is 5.32 Å². The van der Waals surface area contributed by atoms with Crippen LogP contribution in [-0.4, -0.2) is 11.0 Å². The van der Waals surface area contributed by atoms with E-state index in [1.807, 2.05) is 0 Å². The molecular formula is C14H9BrF3NO2. The van der Waals surface area contributed by atoms with Crippen LogP contribution in [0.1, 0.15) is 15.9 Å². The van der Waals surface area contributed by atoms with Crippen LogP contribution >= 0.6 is 15.9 Å². The summed E-state index contributed by atoms with van der Waals surface area (Å²) in [7, 11) is 0. The zero-order valence-corrected chi connectivity index (χ0v) is 12.0. The molecule has 2 aromatic carbocycles. The maximum absolute atomic E-state index is 12.7. The second kappa shape index (κ2) is 5.77. The Morgan fingerprint density at radius 1 is 1.10 bits per heavy atom. The Morgan fingerprint density at radius 3 is 2.29 bits per heavy atom. The molecule has 0 unspecified atom stereocenters. The molecule has 0 spiro atoms. The number of anilines is 1. The van der Waals surface area contributed by atoms with Crippen LogP contribution in [0.25, 0.3) is 0 Å². The summed E-state index contributed by atoms with van der Waals surface area (Å²) in [6.45, 7) is 0. The normalized spacial score (nSPS) is 11.2. The zero-order chi connectivity index (χ0) is 15.6. The van der Waals surface area contributed by atoms with Gasteiger partial charge in [0, 0.05) is 10.2 Å². The van der Waals surface area contributed by atoms with Crippen LogP contribution in [-0.2, 0) is 6.18 Å². The average molecular weight is 360 g/mol. The summed E-state index contributed by atoms with van der Waals surface area (Å²) in [4.78, 5) is 12.0. The second-order valence-electron chi connectivity index (χ2n) is 4.19. The van der Waals surface area contributed by atoms with E-state index in [1.165, 1.54) is 30.3 Å². The third-order valence-electron chi connectivity index (χ3n) is 2.66. The highest BCUT2D eigenvalue weighted by Crippen LogP contribution is 2.32. The van der Waals surface area contributed by atoms with Gasteiger partial charge < -0.3 is 10.4 Å². The van der Waals surface area contributed by atoms with Gasteiger partial charge in [-0.2, -0.15) is 13.2 Å². The first-order valence-electron chi connectivity index (χ1n) is 5.74. The number of aromatic hydroxyl groups is 1. The zero-order valence-electron chi connectivity index (χ0n) is 10.4. The number of hydrogen-bond donors (Lipinski definition) is 2. The fourth-order valence-corrected chi connectivity index (χ4v) is 2.05. The van der Waals surface area contributed by atoms with Gasteiger partial charge in [-0.25, -0.2) is 0 Å². The van der Waals surface area contributed by atoms with E-state index in [0.717, 1.165) is 12.1 Å². The molecule has 0 aliphatic carbocycles. The van der Waals surface area contributed by atoms with Gasteiger partial charge in [0.2, 0.25) is 0 Å². The minimum atomic E-state index is -4.52. The van der Waals surface area contributed by atoms with E-state index >= 15 is 0 Å². The maximum atomic E-state index is 12.7. The molecule has 7 heteroatoms. The van der Waals surface area contributed by atoms with E-state index in [-0.39, 0.29) is 15.8 Å². The Morgan fingerprint density at radius 2 is 1.71 bits per heavy atom. The maximum Gasteiger partial charge on any atom is 0.416 e. The lowest BCUT2D eigenvalue weighted by Crippen LogP contribution is -2.14. The average Bonchev–Trinajstić information content (AvgIpc) is 2.40. The molecule has 2 rings (SSSR count). The second-order valence-corrected chi connectivity index (χ2v) is 5.05. The van der Waals surface area contributed by atoms with E-state index in [2.05, 4.69) is 21.2 Å².